The Bertz CT molecular complexity index is 313. The molecule has 0 bridgehead atoms. The van der Waals surface area contributed by atoms with Gasteiger partial charge in [0.15, 0.2) is 0 Å². The van der Waals surface area contributed by atoms with Crippen molar-refractivity contribution in [2.24, 2.45) is 0 Å². The average molecular weight is 211 g/mol. The smallest absolute Gasteiger partial charge is 0.287 e. The highest BCUT2D eigenvalue weighted by Crippen LogP contribution is 2.11. The summed E-state index contributed by atoms with van der Waals surface area (Å²) in [6, 6.07) is 2.97. The molecule has 1 rings (SSSR count). The van der Waals surface area contributed by atoms with E-state index in [0.717, 1.165) is 12.8 Å². The fourth-order valence-electron chi connectivity index (χ4n) is 1.05. The van der Waals surface area contributed by atoms with E-state index in [1.807, 2.05) is 0 Å². The van der Waals surface area contributed by atoms with Crippen LogP contribution in [-0.4, -0.2) is 28.2 Å². The van der Waals surface area contributed by atoms with E-state index in [-0.39, 0.29) is 12.3 Å². The highest BCUT2D eigenvalue weighted by atomic mass is 16.6. The zero-order valence-electron chi connectivity index (χ0n) is 8.22. The normalized spacial score (nSPS) is 9.93. The molecule has 15 heavy (non-hydrogen) atoms. The van der Waals surface area contributed by atoms with Crippen LogP contribution in [-0.2, 0) is 0 Å². The van der Waals surface area contributed by atoms with Crippen molar-refractivity contribution in [3.63, 3.8) is 0 Å². The molecule has 0 amide bonds. The second-order valence-corrected chi connectivity index (χ2v) is 3.02. The zero-order chi connectivity index (χ0) is 11.1. The van der Waals surface area contributed by atoms with Gasteiger partial charge in [-0.25, -0.2) is 4.98 Å². The SMILES string of the molecule is O=[N+]([O-])c1ccc(NCCCCO)nc1. The third-order valence-corrected chi connectivity index (χ3v) is 1.85. The molecule has 0 unspecified atom stereocenters. The van der Waals surface area contributed by atoms with Crippen molar-refractivity contribution < 1.29 is 10.0 Å². The van der Waals surface area contributed by atoms with E-state index in [1.165, 1.54) is 12.3 Å². The van der Waals surface area contributed by atoms with Gasteiger partial charge in [0.25, 0.3) is 5.69 Å². The minimum absolute atomic E-state index is 0.0177. The van der Waals surface area contributed by atoms with Crippen LogP contribution in [0.4, 0.5) is 11.5 Å². The molecule has 6 heteroatoms. The number of hydrogen-bond acceptors (Lipinski definition) is 5. The third kappa shape index (κ3) is 3.90. The monoisotopic (exact) mass is 211 g/mol. The first-order valence-electron chi connectivity index (χ1n) is 4.69. The van der Waals surface area contributed by atoms with Gasteiger partial charge in [-0.05, 0) is 18.9 Å². The summed E-state index contributed by atoms with van der Waals surface area (Å²) in [5, 5.41) is 21.9. The molecule has 0 spiro atoms. The highest BCUT2D eigenvalue weighted by molar-refractivity contribution is 5.39. The van der Waals surface area contributed by atoms with Gasteiger partial charge in [0.1, 0.15) is 12.0 Å². The Labute approximate surface area is 87.1 Å². The van der Waals surface area contributed by atoms with Crippen LogP contribution in [0.1, 0.15) is 12.8 Å². The van der Waals surface area contributed by atoms with Gasteiger partial charge >= 0.3 is 0 Å². The molecule has 0 aliphatic carbocycles. The topological polar surface area (TPSA) is 88.3 Å². The number of aromatic nitrogens is 1. The van der Waals surface area contributed by atoms with Crippen LogP contribution in [0.25, 0.3) is 0 Å². The molecule has 2 N–H and O–H groups in total. The molecule has 0 atom stereocenters. The summed E-state index contributed by atoms with van der Waals surface area (Å²) in [6.07, 6.45) is 2.80. The molecular formula is C9H13N3O3. The summed E-state index contributed by atoms with van der Waals surface area (Å²) in [6.45, 7) is 0.876. The number of anilines is 1. The van der Waals surface area contributed by atoms with E-state index in [4.69, 9.17) is 5.11 Å². The van der Waals surface area contributed by atoms with E-state index >= 15 is 0 Å². The average Bonchev–Trinajstić information content (AvgIpc) is 2.25. The Morgan fingerprint density at radius 1 is 1.47 bits per heavy atom. The van der Waals surface area contributed by atoms with Gasteiger partial charge in [-0.2, -0.15) is 0 Å². The van der Waals surface area contributed by atoms with Gasteiger partial charge in [-0.3, -0.25) is 10.1 Å². The van der Waals surface area contributed by atoms with Crippen LogP contribution in [0, 0.1) is 10.1 Å². The lowest BCUT2D eigenvalue weighted by atomic mass is 10.3. The lowest BCUT2D eigenvalue weighted by Gasteiger charge is -2.03. The molecule has 0 fully saturated rings. The van der Waals surface area contributed by atoms with Gasteiger partial charge in [-0.15, -0.1) is 0 Å². The lowest BCUT2D eigenvalue weighted by Crippen LogP contribution is -2.04. The fraction of sp³-hybridized carbons (Fsp3) is 0.444. The van der Waals surface area contributed by atoms with E-state index in [2.05, 4.69) is 10.3 Å². The first kappa shape index (κ1) is 11.4. The molecule has 82 valence electrons. The molecule has 1 aromatic rings. The molecule has 1 heterocycles. The Morgan fingerprint density at radius 3 is 2.80 bits per heavy atom. The van der Waals surface area contributed by atoms with E-state index in [0.29, 0.717) is 12.4 Å². The third-order valence-electron chi connectivity index (χ3n) is 1.85. The Hall–Kier alpha value is -1.69. The van der Waals surface area contributed by atoms with Crippen molar-refractivity contribution in [1.29, 1.82) is 0 Å². The van der Waals surface area contributed by atoms with Gasteiger partial charge in [0, 0.05) is 19.2 Å². The van der Waals surface area contributed by atoms with Crippen molar-refractivity contribution >= 4 is 11.5 Å². The van der Waals surface area contributed by atoms with Crippen LogP contribution >= 0.6 is 0 Å². The minimum Gasteiger partial charge on any atom is -0.396 e. The van der Waals surface area contributed by atoms with Crippen LogP contribution < -0.4 is 5.32 Å². The maximum absolute atomic E-state index is 10.3. The quantitative estimate of drug-likeness (QED) is 0.419. The molecule has 1 aromatic heterocycles. The highest BCUT2D eigenvalue weighted by Gasteiger charge is 2.04. The molecule has 0 aliphatic heterocycles. The molecule has 0 aliphatic rings. The summed E-state index contributed by atoms with van der Waals surface area (Å²) in [7, 11) is 0. The number of aliphatic hydroxyl groups excluding tert-OH is 1. The molecule has 0 saturated carbocycles. The molecule has 0 aromatic carbocycles. The first-order valence-corrected chi connectivity index (χ1v) is 4.69. The number of rotatable bonds is 6. The molecular weight excluding hydrogens is 198 g/mol. The molecule has 0 radical (unpaired) electrons. The predicted octanol–water partition coefficient (Wildman–Crippen LogP) is 1.17. The summed E-state index contributed by atoms with van der Waals surface area (Å²) >= 11 is 0. The predicted molar refractivity (Wildman–Crippen MR) is 55.7 cm³/mol. The first-order chi connectivity index (χ1) is 7.24. The molecule has 6 nitrogen and oxygen atoms in total. The van der Waals surface area contributed by atoms with Crippen molar-refractivity contribution in [2.75, 3.05) is 18.5 Å². The zero-order valence-corrected chi connectivity index (χ0v) is 8.22. The summed E-state index contributed by atoms with van der Waals surface area (Å²) in [5.41, 5.74) is -0.0177. The van der Waals surface area contributed by atoms with E-state index in [1.54, 1.807) is 6.07 Å². The number of unbranched alkanes of at least 4 members (excludes halogenated alkanes) is 1. The van der Waals surface area contributed by atoms with Crippen molar-refractivity contribution in [1.82, 2.24) is 4.98 Å². The second kappa shape index (κ2) is 5.92. The second-order valence-electron chi connectivity index (χ2n) is 3.02. The van der Waals surface area contributed by atoms with Crippen LogP contribution in [0.5, 0.6) is 0 Å². The van der Waals surface area contributed by atoms with Crippen molar-refractivity contribution in [3.05, 3.63) is 28.4 Å². The van der Waals surface area contributed by atoms with Crippen LogP contribution in [0.15, 0.2) is 18.3 Å². The van der Waals surface area contributed by atoms with Gasteiger partial charge in [-0.1, -0.05) is 0 Å². The summed E-state index contributed by atoms with van der Waals surface area (Å²) in [5.74, 6) is 0.610. The van der Waals surface area contributed by atoms with Gasteiger partial charge in [0.05, 0.1) is 4.92 Å². The molecule has 0 saturated heterocycles. The summed E-state index contributed by atoms with van der Waals surface area (Å²) < 4.78 is 0. The largest absolute Gasteiger partial charge is 0.396 e. The fourth-order valence-corrected chi connectivity index (χ4v) is 1.05. The van der Waals surface area contributed by atoms with E-state index in [9.17, 15) is 10.1 Å². The number of pyridine rings is 1. The Balaban J connectivity index is 2.39. The Kier molecular flexibility index (Phi) is 4.49. The Morgan fingerprint density at radius 2 is 2.27 bits per heavy atom. The van der Waals surface area contributed by atoms with Crippen LogP contribution in [0.3, 0.4) is 0 Å². The number of nitro groups is 1. The maximum Gasteiger partial charge on any atom is 0.287 e. The number of nitrogens with zero attached hydrogens (tertiary/aromatic N) is 2. The summed E-state index contributed by atoms with van der Waals surface area (Å²) in [4.78, 5) is 13.7. The standard InChI is InChI=1S/C9H13N3O3/c13-6-2-1-5-10-9-4-3-8(7-11-9)12(14)15/h3-4,7,13H,1-2,5-6H2,(H,10,11). The van der Waals surface area contributed by atoms with Gasteiger partial charge in [0.2, 0.25) is 0 Å². The van der Waals surface area contributed by atoms with Crippen molar-refractivity contribution in [3.8, 4) is 0 Å². The number of nitrogens with one attached hydrogen (secondary N) is 1. The number of hydrogen-bond donors (Lipinski definition) is 2. The minimum atomic E-state index is -0.484. The lowest BCUT2D eigenvalue weighted by molar-refractivity contribution is -0.385. The number of aliphatic hydroxyl groups is 1. The van der Waals surface area contributed by atoms with Crippen LogP contribution in [0.2, 0.25) is 0 Å². The van der Waals surface area contributed by atoms with Gasteiger partial charge < -0.3 is 10.4 Å². The maximum atomic E-state index is 10.3. The van der Waals surface area contributed by atoms with Crippen molar-refractivity contribution in [2.45, 2.75) is 12.8 Å². The van der Waals surface area contributed by atoms with E-state index < -0.39 is 4.92 Å².